The van der Waals surface area contributed by atoms with Gasteiger partial charge in [-0.3, -0.25) is 0 Å². The average Bonchev–Trinajstić information content (AvgIpc) is 1.85. The highest BCUT2D eigenvalue weighted by Gasteiger charge is 2.06. The van der Waals surface area contributed by atoms with Crippen LogP contribution in [0.1, 0.15) is 0 Å². The predicted octanol–water partition coefficient (Wildman–Crippen LogP) is -2.57. The Kier molecular flexibility index (Phi) is 7.33. The second kappa shape index (κ2) is 6.20. The van der Waals surface area contributed by atoms with Crippen LogP contribution in [0.15, 0.2) is 12.7 Å². The summed E-state index contributed by atoms with van der Waals surface area (Å²) < 4.78 is 5.59. The van der Waals surface area contributed by atoms with Gasteiger partial charge in [0.1, 0.15) is 13.2 Å². The molecule has 4 heteroatoms. The van der Waals surface area contributed by atoms with Crippen LogP contribution in [0.3, 0.4) is 0 Å². The summed E-state index contributed by atoms with van der Waals surface area (Å²) in [4.78, 5) is 10.6. The van der Waals surface area contributed by atoms with Gasteiger partial charge < -0.3 is 26.2 Å². The van der Waals surface area contributed by atoms with E-state index in [1.54, 1.807) is 0 Å². The zero-order valence-corrected chi connectivity index (χ0v) is 9.43. The number of esters is 1. The average molecular weight is 238 g/mol. The lowest BCUT2D eigenvalue weighted by Gasteiger charge is -2.23. The van der Waals surface area contributed by atoms with E-state index in [9.17, 15) is 4.79 Å². The number of carbonyl (C=O) groups excluding carboxylic acids is 1. The zero-order chi connectivity index (χ0) is 8.91. The van der Waals surface area contributed by atoms with Crippen molar-refractivity contribution in [2.75, 3.05) is 34.3 Å². The highest BCUT2D eigenvalue weighted by Crippen LogP contribution is 1.89. The first kappa shape index (κ1) is 14.2. The van der Waals surface area contributed by atoms with Crippen molar-refractivity contribution in [2.45, 2.75) is 0 Å². The molecule has 0 rings (SSSR count). The van der Waals surface area contributed by atoms with Crippen molar-refractivity contribution in [1.82, 2.24) is 0 Å². The number of ether oxygens (including phenoxy) is 1. The molecule has 0 amide bonds. The second-order valence-corrected chi connectivity index (χ2v) is 3.39. The minimum atomic E-state index is -0.349. The van der Waals surface area contributed by atoms with Crippen molar-refractivity contribution in [2.24, 2.45) is 0 Å². The first-order chi connectivity index (χ1) is 4.95. The monoisotopic (exact) mass is 237 g/mol. The minimum absolute atomic E-state index is 0. The quantitative estimate of drug-likeness (QED) is 0.305. The standard InChI is InChI=1S/C8H16NO2.BrH/c1-5-8(10)11-7-6-9(2,3)4;/h5H,1,6-7H2,2-4H3;1H/q+1;/p-1. The number of halogens is 1. The molecule has 72 valence electrons. The lowest BCUT2D eigenvalue weighted by atomic mass is 10.5. The van der Waals surface area contributed by atoms with Gasteiger partial charge >= 0.3 is 5.97 Å². The smallest absolute Gasteiger partial charge is 0.330 e. The van der Waals surface area contributed by atoms with Gasteiger partial charge in [-0.15, -0.1) is 0 Å². The summed E-state index contributed by atoms with van der Waals surface area (Å²) in [6.07, 6.45) is 1.18. The molecule has 12 heavy (non-hydrogen) atoms. The molecular weight excluding hydrogens is 222 g/mol. The molecule has 0 atom stereocenters. The van der Waals surface area contributed by atoms with E-state index in [0.29, 0.717) is 6.61 Å². The Morgan fingerprint density at radius 2 is 2.00 bits per heavy atom. The molecule has 0 aliphatic heterocycles. The predicted molar refractivity (Wildman–Crippen MR) is 44.1 cm³/mol. The van der Waals surface area contributed by atoms with Crippen LogP contribution >= 0.6 is 0 Å². The van der Waals surface area contributed by atoms with Crippen molar-refractivity contribution >= 4 is 5.97 Å². The van der Waals surface area contributed by atoms with Gasteiger partial charge in [0, 0.05) is 6.08 Å². The van der Waals surface area contributed by atoms with E-state index in [2.05, 4.69) is 6.58 Å². The third kappa shape index (κ3) is 9.65. The van der Waals surface area contributed by atoms with E-state index in [0.717, 1.165) is 11.0 Å². The van der Waals surface area contributed by atoms with E-state index in [4.69, 9.17) is 4.74 Å². The minimum Gasteiger partial charge on any atom is -1.00 e. The fourth-order valence-electron chi connectivity index (χ4n) is 0.479. The fraction of sp³-hybridized carbons (Fsp3) is 0.625. The maximum absolute atomic E-state index is 10.6. The third-order valence-corrected chi connectivity index (χ3v) is 1.17. The summed E-state index contributed by atoms with van der Waals surface area (Å²) >= 11 is 0. The molecule has 0 N–H and O–H groups in total. The number of carbonyl (C=O) groups is 1. The summed E-state index contributed by atoms with van der Waals surface area (Å²) in [5.74, 6) is -0.349. The van der Waals surface area contributed by atoms with Gasteiger partial charge in [0.25, 0.3) is 0 Å². The highest BCUT2D eigenvalue weighted by molar-refractivity contribution is 5.81. The normalized spacial score (nSPS) is 9.92. The Labute approximate surface area is 84.4 Å². The Hall–Kier alpha value is -0.350. The van der Waals surface area contributed by atoms with E-state index in [-0.39, 0.29) is 23.0 Å². The van der Waals surface area contributed by atoms with Crippen molar-refractivity contribution in [1.29, 1.82) is 0 Å². The van der Waals surface area contributed by atoms with Crippen molar-refractivity contribution in [3.05, 3.63) is 12.7 Å². The lowest BCUT2D eigenvalue weighted by molar-refractivity contribution is -0.870. The van der Waals surface area contributed by atoms with Crippen LogP contribution in [0.2, 0.25) is 0 Å². The van der Waals surface area contributed by atoms with Gasteiger partial charge in [0.2, 0.25) is 0 Å². The highest BCUT2D eigenvalue weighted by atomic mass is 79.9. The number of quaternary nitrogens is 1. The van der Waals surface area contributed by atoms with E-state index in [1.165, 1.54) is 6.08 Å². The fourth-order valence-corrected chi connectivity index (χ4v) is 0.479. The van der Waals surface area contributed by atoms with Crippen molar-refractivity contribution in [3.63, 3.8) is 0 Å². The Bertz CT molecular complexity index is 152. The molecule has 0 bridgehead atoms. The van der Waals surface area contributed by atoms with Gasteiger partial charge in [-0.25, -0.2) is 4.79 Å². The van der Waals surface area contributed by atoms with Crippen LogP contribution in [0.4, 0.5) is 0 Å². The Morgan fingerprint density at radius 3 is 2.33 bits per heavy atom. The molecule has 0 aromatic carbocycles. The van der Waals surface area contributed by atoms with Crippen LogP contribution in [-0.4, -0.2) is 44.7 Å². The van der Waals surface area contributed by atoms with Crippen molar-refractivity contribution < 1.29 is 31.0 Å². The molecule has 0 saturated heterocycles. The van der Waals surface area contributed by atoms with Crippen LogP contribution in [0, 0.1) is 0 Å². The Balaban J connectivity index is 0. The Morgan fingerprint density at radius 1 is 1.50 bits per heavy atom. The van der Waals surface area contributed by atoms with E-state index in [1.807, 2.05) is 21.1 Å². The molecule has 0 unspecified atom stereocenters. The van der Waals surface area contributed by atoms with Crippen LogP contribution in [0.5, 0.6) is 0 Å². The van der Waals surface area contributed by atoms with Crippen LogP contribution in [-0.2, 0) is 9.53 Å². The maximum atomic E-state index is 10.6. The number of likely N-dealkylation sites (N-methyl/N-ethyl adjacent to an activating group) is 1. The second-order valence-electron chi connectivity index (χ2n) is 3.39. The molecule has 0 radical (unpaired) electrons. The van der Waals surface area contributed by atoms with E-state index < -0.39 is 0 Å². The van der Waals surface area contributed by atoms with Crippen LogP contribution in [0.25, 0.3) is 0 Å². The molecule has 0 spiro atoms. The van der Waals surface area contributed by atoms with Crippen molar-refractivity contribution in [3.8, 4) is 0 Å². The number of nitrogens with zero attached hydrogens (tertiary/aromatic N) is 1. The topological polar surface area (TPSA) is 26.3 Å². The van der Waals surface area contributed by atoms with E-state index >= 15 is 0 Å². The SMILES string of the molecule is C=CC(=O)OCC[N+](C)(C)C.[Br-]. The maximum Gasteiger partial charge on any atom is 0.330 e. The molecule has 0 heterocycles. The number of rotatable bonds is 4. The summed E-state index contributed by atoms with van der Waals surface area (Å²) in [7, 11) is 6.13. The molecule has 0 aliphatic carbocycles. The van der Waals surface area contributed by atoms with Gasteiger partial charge in [0.05, 0.1) is 21.1 Å². The van der Waals surface area contributed by atoms with Gasteiger partial charge in [0.15, 0.2) is 0 Å². The lowest BCUT2D eigenvalue weighted by Crippen LogP contribution is -3.00. The molecular formula is C8H16BrNO2. The zero-order valence-electron chi connectivity index (χ0n) is 7.84. The first-order valence-electron chi connectivity index (χ1n) is 3.55. The van der Waals surface area contributed by atoms with Crippen LogP contribution < -0.4 is 17.0 Å². The summed E-state index contributed by atoms with van der Waals surface area (Å²) in [5, 5.41) is 0. The van der Waals surface area contributed by atoms with Gasteiger partial charge in [-0.1, -0.05) is 6.58 Å². The molecule has 0 aliphatic rings. The van der Waals surface area contributed by atoms with Gasteiger partial charge in [-0.05, 0) is 0 Å². The van der Waals surface area contributed by atoms with Gasteiger partial charge in [-0.2, -0.15) is 0 Å². The summed E-state index contributed by atoms with van der Waals surface area (Å²) in [6.45, 7) is 4.57. The largest absolute Gasteiger partial charge is 1.00 e. The summed E-state index contributed by atoms with van der Waals surface area (Å²) in [5.41, 5.74) is 0. The number of hydrogen-bond acceptors (Lipinski definition) is 2. The third-order valence-electron chi connectivity index (χ3n) is 1.17. The molecule has 0 saturated carbocycles. The number of hydrogen-bond donors (Lipinski definition) is 0. The molecule has 0 aromatic rings. The first-order valence-corrected chi connectivity index (χ1v) is 3.55. The molecule has 3 nitrogen and oxygen atoms in total. The summed E-state index contributed by atoms with van der Waals surface area (Å²) in [6, 6.07) is 0. The molecule has 0 aromatic heterocycles. The molecule has 0 fully saturated rings.